The van der Waals surface area contributed by atoms with Gasteiger partial charge in [-0.3, -0.25) is 4.79 Å². The summed E-state index contributed by atoms with van der Waals surface area (Å²) in [6.45, 7) is 2.02. The topological polar surface area (TPSA) is 49.3 Å². The van der Waals surface area contributed by atoms with Gasteiger partial charge in [0.25, 0.3) is 0 Å². The average Bonchev–Trinajstić information content (AvgIpc) is 2.93. The Morgan fingerprint density at radius 2 is 2.14 bits per heavy atom. The SMILES string of the molecule is CSC(CO)C(C)NC(=O)CSc1ccc2c(c1)CCC2. The fourth-order valence-corrected chi connectivity index (χ4v) is 4.01. The largest absolute Gasteiger partial charge is 0.395 e. The van der Waals surface area contributed by atoms with Crippen LogP contribution in [0, 0.1) is 0 Å². The molecule has 0 fully saturated rings. The van der Waals surface area contributed by atoms with Crippen molar-refractivity contribution in [2.24, 2.45) is 0 Å². The summed E-state index contributed by atoms with van der Waals surface area (Å²) in [5, 5.41) is 12.2. The summed E-state index contributed by atoms with van der Waals surface area (Å²) < 4.78 is 0. The number of aliphatic hydroxyl groups is 1. The van der Waals surface area contributed by atoms with E-state index in [0.717, 1.165) is 0 Å². The number of aliphatic hydroxyl groups excluding tert-OH is 1. The van der Waals surface area contributed by atoms with E-state index in [-0.39, 0.29) is 23.8 Å². The fourth-order valence-electron chi connectivity index (χ4n) is 2.61. The van der Waals surface area contributed by atoms with Crippen LogP contribution in [0.1, 0.15) is 24.5 Å². The maximum absolute atomic E-state index is 12.0. The van der Waals surface area contributed by atoms with Gasteiger partial charge in [-0.05, 0) is 55.7 Å². The first-order valence-electron chi connectivity index (χ1n) is 7.31. The van der Waals surface area contributed by atoms with E-state index in [1.807, 2.05) is 13.2 Å². The van der Waals surface area contributed by atoms with E-state index in [1.54, 1.807) is 23.5 Å². The third-order valence-corrected chi connectivity index (χ3v) is 6.03. The maximum Gasteiger partial charge on any atom is 0.230 e. The highest BCUT2D eigenvalue weighted by Crippen LogP contribution is 2.27. The lowest BCUT2D eigenvalue weighted by Crippen LogP contribution is -2.42. The third kappa shape index (κ3) is 4.66. The highest BCUT2D eigenvalue weighted by molar-refractivity contribution is 8.00. The van der Waals surface area contributed by atoms with Crippen LogP contribution in [0.5, 0.6) is 0 Å². The summed E-state index contributed by atoms with van der Waals surface area (Å²) >= 11 is 3.16. The molecule has 0 spiro atoms. The van der Waals surface area contributed by atoms with Gasteiger partial charge in [-0.15, -0.1) is 11.8 Å². The van der Waals surface area contributed by atoms with Gasteiger partial charge in [-0.2, -0.15) is 11.8 Å². The van der Waals surface area contributed by atoms with Crippen LogP contribution in [-0.4, -0.2) is 40.9 Å². The van der Waals surface area contributed by atoms with Crippen molar-refractivity contribution >= 4 is 29.4 Å². The first-order chi connectivity index (χ1) is 10.1. The second kappa shape index (κ2) is 8.11. The van der Waals surface area contributed by atoms with Gasteiger partial charge in [0, 0.05) is 16.2 Å². The van der Waals surface area contributed by atoms with E-state index in [2.05, 4.69) is 23.5 Å². The zero-order chi connectivity index (χ0) is 15.2. The Morgan fingerprint density at radius 1 is 1.38 bits per heavy atom. The molecule has 0 saturated heterocycles. The van der Waals surface area contributed by atoms with Crippen LogP contribution in [0.4, 0.5) is 0 Å². The molecule has 1 aliphatic carbocycles. The highest BCUT2D eigenvalue weighted by atomic mass is 32.2. The minimum atomic E-state index is -0.0156. The fraction of sp³-hybridized carbons (Fsp3) is 0.562. The van der Waals surface area contributed by atoms with Gasteiger partial charge in [0.2, 0.25) is 5.91 Å². The molecule has 0 saturated carbocycles. The molecule has 2 unspecified atom stereocenters. The van der Waals surface area contributed by atoms with E-state index in [9.17, 15) is 9.90 Å². The van der Waals surface area contributed by atoms with Crippen molar-refractivity contribution in [1.29, 1.82) is 0 Å². The van der Waals surface area contributed by atoms with Crippen molar-refractivity contribution in [2.45, 2.75) is 42.4 Å². The second-order valence-corrected chi connectivity index (χ2v) is 7.51. The predicted molar refractivity (Wildman–Crippen MR) is 91.2 cm³/mol. The normalized spacial score (nSPS) is 16.3. The number of nitrogens with one attached hydrogen (secondary N) is 1. The number of fused-ring (bicyclic) bond motifs is 1. The summed E-state index contributed by atoms with van der Waals surface area (Å²) in [5.41, 5.74) is 2.90. The molecule has 2 atom stereocenters. The number of rotatable bonds is 7. The van der Waals surface area contributed by atoms with Crippen LogP contribution in [-0.2, 0) is 17.6 Å². The zero-order valence-electron chi connectivity index (χ0n) is 12.6. The van der Waals surface area contributed by atoms with Crippen molar-refractivity contribution in [2.75, 3.05) is 18.6 Å². The quantitative estimate of drug-likeness (QED) is 0.756. The smallest absolute Gasteiger partial charge is 0.230 e. The molecule has 3 nitrogen and oxygen atoms in total. The van der Waals surface area contributed by atoms with Crippen LogP contribution in [0.2, 0.25) is 0 Å². The summed E-state index contributed by atoms with van der Waals surface area (Å²) in [4.78, 5) is 13.1. The lowest BCUT2D eigenvalue weighted by atomic mass is 10.1. The molecule has 0 bridgehead atoms. The molecule has 0 heterocycles. The molecule has 1 aromatic carbocycles. The van der Waals surface area contributed by atoms with E-state index in [1.165, 1.54) is 35.3 Å². The third-order valence-electron chi connectivity index (χ3n) is 3.87. The molecule has 0 aliphatic heterocycles. The van der Waals surface area contributed by atoms with E-state index < -0.39 is 0 Å². The number of aryl methyl sites for hydroxylation is 2. The molecular formula is C16H23NO2S2. The summed E-state index contributed by atoms with van der Waals surface area (Å²) in [5.74, 6) is 0.454. The van der Waals surface area contributed by atoms with Crippen LogP contribution in [0.3, 0.4) is 0 Å². The number of thioether (sulfide) groups is 2. The maximum atomic E-state index is 12.0. The number of hydrogen-bond donors (Lipinski definition) is 2. The van der Waals surface area contributed by atoms with Gasteiger partial charge >= 0.3 is 0 Å². The van der Waals surface area contributed by atoms with Crippen molar-refractivity contribution in [3.05, 3.63) is 29.3 Å². The van der Waals surface area contributed by atoms with Gasteiger partial charge in [-0.25, -0.2) is 0 Å². The molecule has 1 aromatic rings. The molecule has 116 valence electrons. The Bertz CT molecular complexity index is 489. The van der Waals surface area contributed by atoms with Gasteiger partial charge in [0.05, 0.1) is 12.4 Å². The molecule has 21 heavy (non-hydrogen) atoms. The first-order valence-corrected chi connectivity index (χ1v) is 9.59. The summed E-state index contributed by atoms with van der Waals surface area (Å²) in [6.07, 6.45) is 5.55. The van der Waals surface area contributed by atoms with Crippen molar-refractivity contribution < 1.29 is 9.90 Å². The summed E-state index contributed by atoms with van der Waals surface area (Å²) in [7, 11) is 0. The second-order valence-electron chi connectivity index (χ2n) is 5.39. The van der Waals surface area contributed by atoms with Gasteiger partial charge < -0.3 is 10.4 Å². The Labute approximate surface area is 135 Å². The van der Waals surface area contributed by atoms with Gasteiger partial charge in [-0.1, -0.05) is 6.07 Å². The molecule has 0 aromatic heterocycles. The number of carbonyl (C=O) groups is 1. The van der Waals surface area contributed by atoms with Crippen molar-refractivity contribution in [3.8, 4) is 0 Å². The van der Waals surface area contributed by atoms with Crippen molar-refractivity contribution in [3.63, 3.8) is 0 Å². The molecular weight excluding hydrogens is 302 g/mol. The van der Waals surface area contributed by atoms with Crippen molar-refractivity contribution in [1.82, 2.24) is 5.32 Å². The van der Waals surface area contributed by atoms with E-state index >= 15 is 0 Å². The number of benzene rings is 1. The molecule has 2 rings (SSSR count). The summed E-state index contributed by atoms with van der Waals surface area (Å²) in [6, 6.07) is 6.52. The lowest BCUT2D eigenvalue weighted by molar-refractivity contribution is -0.119. The number of hydrogen-bond acceptors (Lipinski definition) is 4. The van der Waals surface area contributed by atoms with E-state index in [4.69, 9.17) is 0 Å². The van der Waals surface area contributed by atoms with E-state index in [0.29, 0.717) is 5.75 Å². The lowest BCUT2D eigenvalue weighted by Gasteiger charge is -2.21. The monoisotopic (exact) mass is 325 g/mol. The van der Waals surface area contributed by atoms with Crippen LogP contribution in [0.25, 0.3) is 0 Å². The molecule has 2 N–H and O–H groups in total. The van der Waals surface area contributed by atoms with Crippen LogP contribution < -0.4 is 5.32 Å². The number of amides is 1. The average molecular weight is 325 g/mol. The Morgan fingerprint density at radius 3 is 2.86 bits per heavy atom. The van der Waals surface area contributed by atoms with Gasteiger partial charge in [0.1, 0.15) is 0 Å². The molecule has 1 amide bonds. The van der Waals surface area contributed by atoms with Crippen LogP contribution in [0.15, 0.2) is 23.1 Å². The zero-order valence-corrected chi connectivity index (χ0v) is 14.2. The minimum absolute atomic E-state index is 0.0156. The predicted octanol–water partition coefficient (Wildman–Crippen LogP) is 2.50. The standard InChI is InChI=1S/C16H23NO2S2/c1-11(15(9-18)20-2)17-16(19)10-21-14-7-6-12-4-3-5-13(12)8-14/h6-8,11,15,18H,3-5,9-10H2,1-2H3,(H,17,19). The molecule has 0 radical (unpaired) electrons. The Kier molecular flexibility index (Phi) is 6.45. The highest BCUT2D eigenvalue weighted by Gasteiger charge is 2.17. The number of carbonyl (C=O) groups excluding carboxylic acids is 1. The minimum Gasteiger partial charge on any atom is -0.395 e. The molecule has 5 heteroatoms. The Hall–Kier alpha value is -0.650. The molecule has 1 aliphatic rings. The van der Waals surface area contributed by atoms with Gasteiger partial charge in [0.15, 0.2) is 0 Å². The Balaban J connectivity index is 1.81. The van der Waals surface area contributed by atoms with Crippen LogP contribution >= 0.6 is 23.5 Å². The first kappa shape index (κ1) is 16.7.